The van der Waals surface area contributed by atoms with E-state index in [0.29, 0.717) is 12.2 Å². The normalized spacial score (nSPS) is 13.0. The van der Waals surface area contributed by atoms with Crippen molar-refractivity contribution in [2.24, 2.45) is 5.10 Å². The second-order valence-corrected chi connectivity index (χ2v) is 7.76. The molecule has 0 bridgehead atoms. The number of hydrogen-bond donors (Lipinski definition) is 3. The number of anilines is 2. The zero-order valence-electron chi connectivity index (χ0n) is 17.9. The maximum atomic E-state index is 11.9. The minimum atomic E-state index is -1.04. The number of benzene rings is 2. The highest BCUT2D eigenvalue weighted by Gasteiger charge is 2.17. The summed E-state index contributed by atoms with van der Waals surface area (Å²) in [6.07, 6.45) is 0.909. The van der Waals surface area contributed by atoms with E-state index in [1.807, 2.05) is 11.4 Å². The van der Waals surface area contributed by atoms with E-state index in [9.17, 15) is 14.4 Å². The molecule has 3 N–H and O–H groups in total. The molecule has 0 unspecified atom stereocenters. The number of aryl methyl sites for hydroxylation is 1. The summed E-state index contributed by atoms with van der Waals surface area (Å²) in [6, 6.07) is 9.71. The Balaban J connectivity index is 1.74. The number of rotatable bonds is 6. The number of halogens is 2. The van der Waals surface area contributed by atoms with Crippen LogP contribution in [0.1, 0.15) is 25.3 Å². The van der Waals surface area contributed by atoms with E-state index in [0.717, 1.165) is 24.1 Å². The molecule has 176 valence electrons. The molecule has 1 aliphatic heterocycles. The van der Waals surface area contributed by atoms with E-state index in [4.69, 9.17) is 33.2 Å². The molecule has 0 atom stereocenters. The summed E-state index contributed by atoms with van der Waals surface area (Å²) in [5, 5.41) is 17.8. The third kappa shape index (κ3) is 6.37. The Labute approximate surface area is 204 Å². The zero-order chi connectivity index (χ0) is 24.7. The van der Waals surface area contributed by atoms with E-state index in [-0.39, 0.29) is 34.0 Å². The Bertz CT molecular complexity index is 1190. The van der Waals surface area contributed by atoms with Gasteiger partial charge in [0.1, 0.15) is 11.8 Å². The van der Waals surface area contributed by atoms with E-state index >= 15 is 0 Å². The van der Waals surface area contributed by atoms with Gasteiger partial charge in [-0.05, 0) is 55.7 Å². The summed E-state index contributed by atoms with van der Waals surface area (Å²) in [4.78, 5) is 35.0. The first-order valence-corrected chi connectivity index (χ1v) is 10.9. The first kappa shape index (κ1) is 24.8. The number of nitriles is 1. The predicted molar refractivity (Wildman–Crippen MR) is 126 cm³/mol. The highest BCUT2D eigenvalue weighted by atomic mass is 35.5. The largest absolute Gasteiger partial charge is 0.454 e. The molecule has 34 heavy (non-hydrogen) atoms. The van der Waals surface area contributed by atoms with Gasteiger partial charge in [-0.25, -0.2) is 4.79 Å². The van der Waals surface area contributed by atoms with Crippen LogP contribution in [-0.4, -0.2) is 30.2 Å². The fourth-order valence-electron chi connectivity index (χ4n) is 3.02. The molecule has 2 aromatic carbocycles. The molecule has 0 fully saturated rings. The van der Waals surface area contributed by atoms with Crippen LogP contribution < -0.4 is 20.8 Å². The van der Waals surface area contributed by atoms with Gasteiger partial charge in [-0.3, -0.25) is 20.3 Å². The topological polar surface area (TPSA) is 142 Å². The van der Waals surface area contributed by atoms with Crippen LogP contribution in [0.4, 0.5) is 16.2 Å². The Hall–Kier alpha value is -3.81. The Morgan fingerprint density at radius 2 is 1.94 bits per heavy atom. The minimum absolute atomic E-state index is 0.0258. The molecule has 0 aliphatic carbocycles. The first-order chi connectivity index (χ1) is 16.3. The molecule has 0 saturated carbocycles. The summed E-state index contributed by atoms with van der Waals surface area (Å²) in [7, 11) is 0. The van der Waals surface area contributed by atoms with Crippen molar-refractivity contribution in [3.63, 3.8) is 0 Å². The van der Waals surface area contributed by atoms with Crippen molar-refractivity contribution >= 4 is 58.2 Å². The second-order valence-electron chi connectivity index (χ2n) is 6.95. The van der Waals surface area contributed by atoms with Crippen LogP contribution in [-0.2, 0) is 20.7 Å². The highest BCUT2D eigenvalue weighted by Crippen LogP contribution is 2.39. The van der Waals surface area contributed by atoms with E-state index in [1.54, 1.807) is 25.1 Å². The first-order valence-electron chi connectivity index (χ1n) is 10.1. The van der Waals surface area contributed by atoms with Gasteiger partial charge in [0.2, 0.25) is 11.6 Å². The van der Waals surface area contributed by atoms with Crippen molar-refractivity contribution in [1.29, 1.82) is 5.26 Å². The van der Waals surface area contributed by atoms with E-state index < -0.39 is 17.7 Å². The lowest BCUT2D eigenvalue weighted by molar-refractivity contribution is -0.116. The molecular formula is C22H19Cl2N5O5. The van der Waals surface area contributed by atoms with Crippen molar-refractivity contribution in [3.05, 3.63) is 45.9 Å². The minimum Gasteiger partial charge on any atom is -0.454 e. The highest BCUT2D eigenvalue weighted by molar-refractivity contribution is 6.47. The quantitative estimate of drug-likeness (QED) is 0.385. The molecule has 0 spiro atoms. The van der Waals surface area contributed by atoms with Gasteiger partial charge in [0.05, 0.1) is 22.3 Å². The third-order valence-electron chi connectivity index (χ3n) is 4.53. The maximum absolute atomic E-state index is 11.9. The Morgan fingerprint density at radius 3 is 2.62 bits per heavy atom. The fourth-order valence-corrected chi connectivity index (χ4v) is 3.58. The number of hydrogen-bond acceptors (Lipinski definition) is 8. The maximum Gasteiger partial charge on any atom is 0.414 e. The average molecular weight is 504 g/mol. The van der Waals surface area contributed by atoms with Crippen LogP contribution in [0.25, 0.3) is 0 Å². The van der Waals surface area contributed by atoms with Crippen molar-refractivity contribution in [1.82, 2.24) is 5.32 Å². The lowest BCUT2D eigenvalue weighted by Crippen LogP contribution is -2.36. The van der Waals surface area contributed by atoms with Crippen LogP contribution >= 0.6 is 23.2 Å². The van der Waals surface area contributed by atoms with Gasteiger partial charge in [0.25, 0.3) is 5.91 Å². The molecule has 3 amide bonds. The summed E-state index contributed by atoms with van der Waals surface area (Å²) in [6.45, 7) is 1.63. The Kier molecular flexibility index (Phi) is 8.29. The zero-order valence-corrected chi connectivity index (χ0v) is 19.4. The number of ether oxygens (including phenoxy) is 2. The summed E-state index contributed by atoms with van der Waals surface area (Å²) < 4.78 is 10.5. The smallest absolute Gasteiger partial charge is 0.414 e. The van der Waals surface area contributed by atoms with Gasteiger partial charge in [-0.1, -0.05) is 23.2 Å². The van der Waals surface area contributed by atoms with Gasteiger partial charge in [0.15, 0.2) is 5.75 Å². The van der Waals surface area contributed by atoms with Gasteiger partial charge in [0, 0.05) is 12.1 Å². The lowest BCUT2D eigenvalue weighted by atomic mass is 10.1. The third-order valence-corrected chi connectivity index (χ3v) is 5.09. The standard InChI is InChI=1S/C22H19Cl2N5O5/c1-2-33-22(32)27-21(31)18(11-25)29-28-13-9-15(23)20(16(24)10-13)34-14-6-7-17-12(8-14)4-3-5-19(30)26-17/h6-10,28H,2-5H2,1H3,(H,26,30)(H,27,31,32). The number of imide groups is 1. The molecule has 2 aromatic rings. The summed E-state index contributed by atoms with van der Waals surface area (Å²) in [5.41, 5.74) is 3.83. The van der Waals surface area contributed by atoms with Crippen LogP contribution in [0, 0.1) is 11.3 Å². The molecule has 10 nitrogen and oxygen atoms in total. The average Bonchev–Trinajstić information content (AvgIpc) is 2.97. The summed E-state index contributed by atoms with van der Waals surface area (Å²) in [5.74, 6) is -0.386. The van der Waals surface area contributed by atoms with Crippen molar-refractivity contribution in [2.45, 2.75) is 26.2 Å². The predicted octanol–water partition coefficient (Wildman–Crippen LogP) is 4.62. The Morgan fingerprint density at radius 1 is 1.21 bits per heavy atom. The SMILES string of the molecule is CCOC(=O)NC(=O)C(C#N)=NNc1cc(Cl)c(Oc2ccc3c(c2)CCCC(=O)N3)c(Cl)c1. The number of carbonyl (C=O) groups excluding carboxylic acids is 3. The molecular weight excluding hydrogens is 485 g/mol. The van der Waals surface area contributed by atoms with Crippen molar-refractivity contribution < 1.29 is 23.9 Å². The number of hydrazone groups is 1. The molecule has 12 heteroatoms. The van der Waals surface area contributed by atoms with Crippen molar-refractivity contribution in [2.75, 3.05) is 17.3 Å². The second kappa shape index (κ2) is 11.4. The lowest BCUT2D eigenvalue weighted by Gasteiger charge is -2.13. The van der Waals surface area contributed by atoms with Gasteiger partial charge >= 0.3 is 6.09 Å². The van der Waals surface area contributed by atoms with Crippen molar-refractivity contribution in [3.8, 4) is 17.6 Å². The molecule has 0 aromatic heterocycles. The number of carbonyl (C=O) groups is 3. The monoisotopic (exact) mass is 503 g/mol. The van der Waals surface area contributed by atoms with E-state index in [1.165, 1.54) is 12.1 Å². The van der Waals surface area contributed by atoms with Gasteiger partial charge in [-0.2, -0.15) is 10.4 Å². The van der Waals surface area contributed by atoms with Crippen LogP contribution in [0.2, 0.25) is 10.0 Å². The van der Waals surface area contributed by atoms with Gasteiger partial charge in [-0.15, -0.1) is 0 Å². The molecule has 1 heterocycles. The van der Waals surface area contributed by atoms with Crippen LogP contribution in [0.15, 0.2) is 35.4 Å². The molecule has 0 saturated heterocycles. The molecule has 1 aliphatic rings. The van der Waals surface area contributed by atoms with Crippen LogP contribution in [0.5, 0.6) is 11.5 Å². The molecule has 0 radical (unpaired) electrons. The number of nitrogens with zero attached hydrogens (tertiary/aromatic N) is 2. The fraction of sp³-hybridized carbons (Fsp3) is 0.227. The number of alkyl carbamates (subject to hydrolysis) is 1. The number of amides is 3. The van der Waals surface area contributed by atoms with E-state index in [2.05, 4.69) is 20.6 Å². The van der Waals surface area contributed by atoms with Crippen LogP contribution in [0.3, 0.4) is 0 Å². The van der Waals surface area contributed by atoms with Gasteiger partial charge < -0.3 is 14.8 Å². The number of nitrogens with one attached hydrogen (secondary N) is 3. The summed E-state index contributed by atoms with van der Waals surface area (Å²) >= 11 is 12.7. The molecule has 3 rings (SSSR count). The number of fused-ring (bicyclic) bond motifs is 1.